The zero-order chi connectivity index (χ0) is 15.3. The average Bonchev–Trinajstić information content (AvgIpc) is 2.28. The van der Waals surface area contributed by atoms with Crippen LogP contribution >= 0.6 is 12.2 Å². The molecule has 0 fully saturated rings. The third-order valence-electron chi connectivity index (χ3n) is 2.37. The molecule has 7 heteroatoms. The van der Waals surface area contributed by atoms with Gasteiger partial charge in [0.2, 0.25) is 5.91 Å². The van der Waals surface area contributed by atoms with Crippen molar-refractivity contribution in [2.45, 2.75) is 38.9 Å². The molecule has 1 atom stereocenters. The Morgan fingerprint density at radius 2 is 2.25 bits per heavy atom. The number of alkyl carbamates (subject to hydrolysis) is 1. The molecule has 0 aliphatic carbocycles. The van der Waals surface area contributed by atoms with Crippen molar-refractivity contribution in [3.63, 3.8) is 0 Å². The van der Waals surface area contributed by atoms with Crippen LogP contribution in [0.5, 0.6) is 0 Å². The number of amides is 2. The summed E-state index contributed by atoms with van der Waals surface area (Å²) in [4.78, 5) is 25.0. The van der Waals surface area contributed by atoms with Crippen molar-refractivity contribution in [1.29, 1.82) is 0 Å². The summed E-state index contributed by atoms with van der Waals surface area (Å²) in [6.07, 6.45) is 1.91. The third-order valence-corrected chi connectivity index (χ3v) is 2.65. The van der Waals surface area contributed by atoms with Gasteiger partial charge in [0, 0.05) is 17.6 Å². The summed E-state index contributed by atoms with van der Waals surface area (Å²) < 4.78 is 5.04. The second kappa shape index (κ2) is 6.81. The Balaban J connectivity index is 2.35. The maximum Gasteiger partial charge on any atom is 0.407 e. The maximum absolute atomic E-state index is 11.6. The number of nitrogens with one attached hydrogen (secondary N) is 1. The maximum atomic E-state index is 11.6. The predicted molar refractivity (Wildman–Crippen MR) is 78.3 cm³/mol. The smallest absolute Gasteiger partial charge is 0.407 e. The molecule has 2 N–H and O–H groups in total. The van der Waals surface area contributed by atoms with E-state index in [1.807, 2.05) is 0 Å². The summed E-state index contributed by atoms with van der Waals surface area (Å²) >= 11 is 4.91. The van der Waals surface area contributed by atoms with Gasteiger partial charge in [-0.15, -0.1) is 0 Å². The summed E-state index contributed by atoms with van der Waals surface area (Å²) in [6.45, 7) is 5.38. The lowest BCUT2D eigenvalue weighted by Gasteiger charge is -2.25. The molecule has 0 radical (unpaired) electrons. The van der Waals surface area contributed by atoms with E-state index in [9.17, 15) is 14.7 Å². The van der Waals surface area contributed by atoms with Crippen molar-refractivity contribution in [1.82, 2.24) is 10.2 Å². The molecule has 1 aliphatic rings. The van der Waals surface area contributed by atoms with Gasteiger partial charge in [0.15, 0.2) is 0 Å². The minimum absolute atomic E-state index is 0.0109. The molecule has 0 bridgehead atoms. The van der Waals surface area contributed by atoms with Crippen LogP contribution in [0.1, 0.15) is 27.2 Å². The Morgan fingerprint density at radius 1 is 1.60 bits per heavy atom. The number of aliphatic hydroxyl groups is 1. The quantitative estimate of drug-likeness (QED) is 0.757. The molecule has 1 aliphatic heterocycles. The molecule has 1 unspecified atom stereocenters. The molecule has 2 amide bonds. The fourth-order valence-corrected chi connectivity index (χ4v) is 1.72. The standard InChI is InChI=1S/C13H20N2O4S/c1-13(2,3)19-12(18)14-7-9(16)8-15-5-4-10(20)6-11(15)17/h4-5,9,16H,6-8H2,1-3H3,(H,14,18). The van der Waals surface area contributed by atoms with Gasteiger partial charge in [0.1, 0.15) is 5.60 Å². The number of hydrogen-bond donors (Lipinski definition) is 2. The van der Waals surface area contributed by atoms with Gasteiger partial charge >= 0.3 is 6.09 Å². The molecule has 0 spiro atoms. The second-order valence-corrected chi connectivity index (χ2v) is 6.07. The molecule has 0 saturated carbocycles. The van der Waals surface area contributed by atoms with Crippen LogP contribution < -0.4 is 5.32 Å². The highest BCUT2D eigenvalue weighted by molar-refractivity contribution is 7.80. The number of hydrogen-bond acceptors (Lipinski definition) is 5. The molecular weight excluding hydrogens is 280 g/mol. The molecule has 20 heavy (non-hydrogen) atoms. The van der Waals surface area contributed by atoms with Crippen LogP contribution in [-0.2, 0) is 9.53 Å². The molecule has 0 aromatic carbocycles. The molecule has 0 saturated heterocycles. The van der Waals surface area contributed by atoms with Gasteiger partial charge in [-0.2, -0.15) is 0 Å². The molecule has 0 aromatic rings. The largest absolute Gasteiger partial charge is 0.444 e. The second-order valence-electron chi connectivity index (χ2n) is 5.54. The number of ether oxygens (including phenoxy) is 1. The van der Waals surface area contributed by atoms with Crippen molar-refractivity contribution >= 4 is 29.1 Å². The van der Waals surface area contributed by atoms with E-state index in [-0.39, 0.29) is 25.4 Å². The number of aliphatic hydroxyl groups excluding tert-OH is 1. The normalized spacial score (nSPS) is 17.1. The minimum atomic E-state index is -0.872. The van der Waals surface area contributed by atoms with E-state index in [4.69, 9.17) is 17.0 Å². The molecule has 0 aromatic heterocycles. The van der Waals surface area contributed by atoms with Crippen LogP contribution in [0.2, 0.25) is 0 Å². The Kier molecular flexibility index (Phi) is 5.64. The van der Waals surface area contributed by atoms with E-state index in [2.05, 4.69) is 5.32 Å². The summed E-state index contributed by atoms with van der Waals surface area (Å²) in [5.74, 6) is -0.159. The summed E-state index contributed by atoms with van der Waals surface area (Å²) in [5, 5.41) is 12.3. The number of allylic oxidation sites excluding steroid dienone is 1. The fourth-order valence-electron chi connectivity index (χ4n) is 1.54. The third kappa shape index (κ3) is 6.12. The van der Waals surface area contributed by atoms with Gasteiger partial charge in [0.25, 0.3) is 0 Å². The number of carbonyl (C=O) groups is 2. The Labute approximate surface area is 123 Å². The van der Waals surface area contributed by atoms with E-state index in [1.165, 1.54) is 4.90 Å². The zero-order valence-corrected chi connectivity index (χ0v) is 12.7. The number of rotatable bonds is 4. The molecular formula is C13H20N2O4S. The Morgan fingerprint density at radius 3 is 2.80 bits per heavy atom. The molecule has 6 nitrogen and oxygen atoms in total. The lowest BCUT2D eigenvalue weighted by Crippen LogP contribution is -2.43. The van der Waals surface area contributed by atoms with Gasteiger partial charge in [-0.05, 0) is 26.8 Å². The van der Waals surface area contributed by atoms with E-state index in [1.54, 1.807) is 33.0 Å². The van der Waals surface area contributed by atoms with Gasteiger partial charge in [-0.3, -0.25) is 4.79 Å². The minimum Gasteiger partial charge on any atom is -0.444 e. The van der Waals surface area contributed by atoms with Crippen LogP contribution in [0.3, 0.4) is 0 Å². The highest BCUT2D eigenvalue weighted by Gasteiger charge is 2.21. The van der Waals surface area contributed by atoms with E-state index in [0.29, 0.717) is 4.86 Å². The van der Waals surface area contributed by atoms with Crippen molar-refractivity contribution in [2.24, 2.45) is 0 Å². The monoisotopic (exact) mass is 300 g/mol. The molecule has 112 valence electrons. The van der Waals surface area contributed by atoms with Crippen LogP contribution in [0, 0.1) is 0 Å². The lowest BCUT2D eigenvalue weighted by atomic mass is 10.2. The Hall–Kier alpha value is -1.47. The highest BCUT2D eigenvalue weighted by atomic mass is 32.1. The summed E-state index contributed by atoms with van der Waals surface area (Å²) in [5.41, 5.74) is -0.587. The summed E-state index contributed by atoms with van der Waals surface area (Å²) in [6, 6.07) is 0. The van der Waals surface area contributed by atoms with Crippen LogP contribution in [-0.4, -0.2) is 51.7 Å². The van der Waals surface area contributed by atoms with Crippen molar-refractivity contribution in [3.8, 4) is 0 Å². The van der Waals surface area contributed by atoms with Crippen LogP contribution in [0.25, 0.3) is 0 Å². The highest BCUT2D eigenvalue weighted by Crippen LogP contribution is 2.08. The number of nitrogens with zero attached hydrogens (tertiary/aromatic N) is 1. The van der Waals surface area contributed by atoms with Gasteiger partial charge in [-0.25, -0.2) is 4.79 Å². The van der Waals surface area contributed by atoms with Gasteiger partial charge in [-0.1, -0.05) is 12.2 Å². The first-order chi connectivity index (χ1) is 9.17. The van der Waals surface area contributed by atoms with E-state index >= 15 is 0 Å². The van der Waals surface area contributed by atoms with Crippen molar-refractivity contribution in [3.05, 3.63) is 12.3 Å². The van der Waals surface area contributed by atoms with Crippen molar-refractivity contribution < 1.29 is 19.4 Å². The molecule has 1 rings (SSSR count). The van der Waals surface area contributed by atoms with Crippen LogP contribution in [0.4, 0.5) is 4.79 Å². The fraction of sp³-hybridized carbons (Fsp3) is 0.615. The Bertz CT molecular complexity index is 429. The van der Waals surface area contributed by atoms with Gasteiger partial charge in [0.05, 0.1) is 19.1 Å². The zero-order valence-electron chi connectivity index (χ0n) is 11.9. The lowest BCUT2D eigenvalue weighted by molar-refractivity contribution is -0.128. The SMILES string of the molecule is CC(C)(C)OC(=O)NCC(O)CN1C=CC(=S)CC1=O. The predicted octanol–water partition coefficient (Wildman–Crippen LogP) is 0.988. The first-order valence-electron chi connectivity index (χ1n) is 6.33. The average molecular weight is 300 g/mol. The number of carbonyl (C=O) groups excluding carboxylic acids is 2. The van der Waals surface area contributed by atoms with E-state index < -0.39 is 17.8 Å². The van der Waals surface area contributed by atoms with Crippen LogP contribution in [0.15, 0.2) is 12.3 Å². The molecule has 1 heterocycles. The number of thiocarbonyl (C=S) groups is 1. The van der Waals surface area contributed by atoms with Crippen molar-refractivity contribution in [2.75, 3.05) is 13.1 Å². The summed E-state index contributed by atoms with van der Waals surface area (Å²) in [7, 11) is 0. The first kappa shape index (κ1) is 16.6. The van der Waals surface area contributed by atoms with Gasteiger partial charge < -0.3 is 20.1 Å². The first-order valence-corrected chi connectivity index (χ1v) is 6.73. The topological polar surface area (TPSA) is 78.9 Å². The van der Waals surface area contributed by atoms with E-state index in [0.717, 1.165) is 0 Å². The number of β-amino-alcohol motifs (C(OH)–C–C–N with tert-alkyl or cyclic N) is 1.